The molecule has 3 aromatic carbocycles. The largest absolute Gasteiger partial charge is 0.496 e. The van der Waals surface area contributed by atoms with E-state index < -0.39 is 6.04 Å². The molecule has 1 unspecified atom stereocenters. The lowest BCUT2D eigenvalue weighted by Crippen LogP contribution is -2.52. The minimum atomic E-state index is -0.590. The number of anilines is 1. The first-order valence-corrected chi connectivity index (χ1v) is 20.6. The molecule has 0 spiro atoms. The van der Waals surface area contributed by atoms with Crippen molar-refractivity contribution in [1.29, 1.82) is 0 Å². The molecule has 57 heavy (non-hydrogen) atoms. The van der Waals surface area contributed by atoms with Crippen LogP contribution in [0.3, 0.4) is 0 Å². The van der Waals surface area contributed by atoms with E-state index >= 15 is 0 Å². The molecule has 9 rings (SSSR count). The van der Waals surface area contributed by atoms with E-state index in [4.69, 9.17) is 9.47 Å². The van der Waals surface area contributed by atoms with Gasteiger partial charge in [0.2, 0.25) is 11.8 Å². The fourth-order valence-corrected chi connectivity index (χ4v) is 9.86. The number of nitrogens with one attached hydrogen (secondary N) is 1. The van der Waals surface area contributed by atoms with E-state index in [1.807, 2.05) is 25.4 Å². The molecule has 1 aromatic heterocycles. The standard InChI is InChI=1S/C45H52N6O6/c1-47-26-37(36-24-33(49-15-4-16-49)6-8-35(36)44(47)54)30-22-40(56-2)38(41(23-30)57-3)27-48-17-13-32(14-18-48)50-19-11-28(12-20-50)29-5-7-34-31(21-29)25-51(45(34)55)39-9-10-42(52)46-43(39)53/h5-8,21-24,26,28,32,39H,4,9-20,25,27H2,1-3H3,(H,46,52,53). The predicted molar refractivity (Wildman–Crippen MR) is 219 cm³/mol. The van der Waals surface area contributed by atoms with Crippen molar-refractivity contribution in [3.8, 4) is 22.6 Å². The number of piperidine rings is 3. The van der Waals surface area contributed by atoms with Crippen molar-refractivity contribution >= 4 is 34.2 Å². The molecule has 12 heteroatoms. The van der Waals surface area contributed by atoms with Crippen LogP contribution in [0, 0.1) is 0 Å². The van der Waals surface area contributed by atoms with E-state index in [9.17, 15) is 19.2 Å². The van der Waals surface area contributed by atoms with Gasteiger partial charge in [0.15, 0.2) is 0 Å². The van der Waals surface area contributed by atoms with Crippen molar-refractivity contribution in [3.63, 3.8) is 0 Å². The number of benzene rings is 3. The monoisotopic (exact) mass is 772 g/mol. The number of carbonyl (C=O) groups is 3. The van der Waals surface area contributed by atoms with Gasteiger partial charge in [-0.2, -0.15) is 0 Å². The maximum atomic E-state index is 13.2. The molecule has 298 valence electrons. The Balaban J connectivity index is 0.833. The number of hydrogen-bond acceptors (Lipinski definition) is 9. The highest BCUT2D eigenvalue weighted by Crippen LogP contribution is 2.40. The number of aryl methyl sites for hydroxylation is 1. The van der Waals surface area contributed by atoms with E-state index in [2.05, 4.69) is 56.4 Å². The summed E-state index contributed by atoms with van der Waals surface area (Å²) >= 11 is 0. The maximum Gasteiger partial charge on any atom is 0.258 e. The summed E-state index contributed by atoms with van der Waals surface area (Å²) in [7, 11) is 5.25. The van der Waals surface area contributed by atoms with Crippen LogP contribution in [0.2, 0.25) is 0 Å². The molecule has 0 aliphatic carbocycles. The van der Waals surface area contributed by atoms with Crippen molar-refractivity contribution in [1.82, 2.24) is 24.6 Å². The van der Waals surface area contributed by atoms with Gasteiger partial charge in [-0.15, -0.1) is 0 Å². The first-order valence-electron chi connectivity index (χ1n) is 20.6. The smallest absolute Gasteiger partial charge is 0.258 e. The summed E-state index contributed by atoms with van der Waals surface area (Å²) in [5, 5.41) is 4.03. The van der Waals surface area contributed by atoms with E-state index in [1.54, 1.807) is 23.7 Å². The Labute approximate surface area is 333 Å². The number of nitrogens with zero attached hydrogens (tertiary/aromatic N) is 5. The number of rotatable bonds is 9. The van der Waals surface area contributed by atoms with Gasteiger partial charge >= 0.3 is 0 Å². The number of imide groups is 1. The van der Waals surface area contributed by atoms with Crippen LogP contribution >= 0.6 is 0 Å². The Bertz CT molecular complexity index is 2280. The highest BCUT2D eigenvalue weighted by Gasteiger charge is 2.39. The van der Waals surface area contributed by atoms with E-state index in [0.717, 1.165) is 116 Å². The SMILES string of the molecule is COc1cc(-c2cn(C)c(=O)c3ccc(N4CCC4)cc23)cc(OC)c1CN1CCC(N2CCC(c3ccc4c(c3)CN(C3CCC(=O)NC3=O)C4=O)CC2)CC1. The van der Waals surface area contributed by atoms with Gasteiger partial charge in [-0.25, -0.2) is 0 Å². The third-order valence-corrected chi connectivity index (χ3v) is 13.3. The number of methoxy groups -OCH3 is 2. The average Bonchev–Trinajstić information content (AvgIpc) is 3.53. The van der Waals surface area contributed by atoms with Crippen molar-refractivity contribution in [2.24, 2.45) is 7.05 Å². The van der Waals surface area contributed by atoms with Crippen LogP contribution in [0.15, 0.2) is 59.5 Å². The Hall–Kier alpha value is -5.20. The first-order chi connectivity index (χ1) is 27.7. The normalized spacial score (nSPS) is 21.2. The second-order valence-electron chi connectivity index (χ2n) is 16.5. The number of aromatic nitrogens is 1. The predicted octanol–water partition coefficient (Wildman–Crippen LogP) is 5.04. The van der Waals surface area contributed by atoms with Gasteiger partial charge in [-0.1, -0.05) is 12.1 Å². The minimum Gasteiger partial charge on any atom is -0.496 e. The number of fused-ring (bicyclic) bond motifs is 2. The fourth-order valence-electron chi connectivity index (χ4n) is 9.86. The summed E-state index contributed by atoms with van der Waals surface area (Å²) in [6.45, 7) is 7.31. The summed E-state index contributed by atoms with van der Waals surface area (Å²) in [5.74, 6) is 1.25. The number of carbonyl (C=O) groups excluding carboxylic acids is 3. The summed E-state index contributed by atoms with van der Waals surface area (Å²) in [5.41, 5.74) is 7.04. The molecule has 12 nitrogen and oxygen atoms in total. The highest BCUT2D eigenvalue weighted by atomic mass is 16.5. The van der Waals surface area contributed by atoms with Gasteiger partial charge in [0.05, 0.1) is 19.8 Å². The van der Waals surface area contributed by atoms with Crippen LogP contribution in [0.4, 0.5) is 5.69 Å². The molecule has 4 fully saturated rings. The van der Waals surface area contributed by atoms with Crippen LogP contribution in [0.1, 0.15) is 77.9 Å². The topological polar surface area (TPSA) is 117 Å². The van der Waals surface area contributed by atoms with Crippen molar-refractivity contribution in [2.75, 3.05) is 58.4 Å². The van der Waals surface area contributed by atoms with Gasteiger partial charge in [0.25, 0.3) is 11.5 Å². The molecule has 5 aliphatic rings. The van der Waals surface area contributed by atoms with Crippen LogP contribution in [-0.2, 0) is 29.7 Å². The second kappa shape index (κ2) is 15.3. The molecule has 0 radical (unpaired) electrons. The van der Waals surface area contributed by atoms with Crippen molar-refractivity contribution < 1.29 is 23.9 Å². The molecule has 5 aliphatic heterocycles. The van der Waals surface area contributed by atoms with Crippen molar-refractivity contribution in [2.45, 2.75) is 76.0 Å². The summed E-state index contributed by atoms with van der Waals surface area (Å²) in [6, 6.07) is 16.5. The zero-order chi connectivity index (χ0) is 39.4. The maximum absolute atomic E-state index is 13.2. The average molecular weight is 773 g/mol. The number of amides is 3. The Kier molecular flexibility index (Phi) is 10.0. The zero-order valence-electron chi connectivity index (χ0n) is 33.2. The number of pyridine rings is 1. The fraction of sp³-hybridized carbons (Fsp3) is 0.467. The van der Waals surface area contributed by atoms with Crippen LogP contribution in [0.5, 0.6) is 11.5 Å². The quantitative estimate of drug-likeness (QED) is 0.234. The lowest BCUT2D eigenvalue weighted by Gasteiger charge is -2.42. The van der Waals surface area contributed by atoms with Crippen LogP contribution < -0.4 is 25.2 Å². The first kappa shape index (κ1) is 37.4. The Morgan fingerprint density at radius 1 is 0.772 bits per heavy atom. The Morgan fingerprint density at radius 3 is 2.18 bits per heavy atom. The summed E-state index contributed by atoms with van der Waals surface area (Å²) in [6.07, 6.45) is 8.12. The highest BCUT2D eigenvalue weighted by molar-refractivity contribution is 6.05. The van der Waals surface area contributed by atoms with Crippen LogP contribution in [-0.4, -0.2) is 103 Å². The third-order valence-electron chi connectivity index (χ3n) is 13.3. The lowest BCUT2D eigenvalue weighted by molar-refractivity contribution is -0.136. The van der Waals surface area contributed by atoms with E-state index in [-0.39, 0.29) is 29.7 Å². The summed E-state index contributed by atoms with van der Waals surface area (Å²) < 4.78 is 13.7. The van der Waals surface area contributed by atoms with E-state index in [0.29, 0.717) is 35.9 Å². The molecular weight excluding hydrogens is 721 g/mol. The third kappa shape index (κ3) is 6.96. The molecule has 4 aromatic rings. The van der Waals surface area contributed by atoms with Gasteiger partial charge in [0, 0.05) is 74.1 Å². The molecule has 1 atom stereocenters. The number of ether oxygens (including phenoxy) is 2. The molecule has 0 bridgehead atoms. The van der Waals surface area contributed by atoms with Crippen molar-refractivity contribution in [3.05, 3.63) is 87.3 Å². The number of hydrogen-bond donors (Lipinski definition) is 1. The van der Waals surface area contributed by atoms with Crippen LogP contribution in [0.25, 0.3) is 21.9 Å². The van der Waals surface area contributed by atoms with Gasteiger partial charge in [-0.05, 0) is 129 Å². The molecular formula is C45H52N6O6. The summed E-state index contributed by atoms with van der Waals surface area (Å²) in [4.78, 5) is 59.7. The van der Waals surface area contributed by atoms with Gasteiger partial charge in [0.1, 0.15) is 17.5 Å². The molecule has 1 N–H and O–H groups in total. The minimum absolute atomic E-state index is 0.00774. The Morgan fingerprint density at radius 2 is 1.51 bits per heavy atom. The van der Waals surface area contributed by atoms with Gasteiger partial charge in [-0.3, -0.25) is 29.4 Å². The molecule has 0 saturated carbocycles. The number of likely N-dealkylation sites (tertiary alicyclic amines) is 2. The second-order valence-corrected chi connectivity index (χ2v) is 16.5. The van der Waals surface area contributed by atoms with E-state index in [1.165, 1.54) is 12.0 Å². The molecule has 4 saturated heterocycles. The lowest BCUT2D eigenvalue weighted by atomic mass is 9.86. The van der Waals surface area contributed by atoms with Gasteiger partial charge < -0.3 is 28.7 Å². The zero-order valence-corrected chi connectivity index (χ0v) is 33.2. The molecule has 6 heterocycles. The molecule has 3 amide bonds.